The van der Waals surface area contributed by atoms with Crippen molar-refractivity contribution in [2.75, 3.05) is 13.7 Å². The normalized spacial score (nSPS) is 11.4. The summed E-state index contributed by atoms with van der Waals surface area (Å²) in [7, 11) is 1.81. The van der Waals surface area contributed by atoms with Gasteiger partial charge in [0.25, 0.3) is 5.91 Å². The minimum atomic E-state index is -0.619. The monoisotopic (exact) mass is 398 g/mol. The molecule has 1 aromatic carbocycles. The molecule has 1 aromatic heterocycles. The Morgan fingerprint density at radius 3 is 2.34 bits per heavy atom. The minimum Gasteiger partial charge on any atom is -0.494 e. The predicted molar refractivity (Wildman–Crippen MR) is 121 cm³/mol. The van der Waals surface area contributed by atoms with Crippen LogP contribution in [-0.4, -0.2) is 35.5 Å². The van der Waals surface area contributed by atoms with E-state index >= 15 is 0 Å². The number of benzene rings is 1. The van der Waals surface area contributed by atoms with Crippen molar-refractivity contribution in [1.82, 2.24) is 9.88 Å². The SMILES string of the molecule is C=C(/C(C(N)=O)=C(/N)N(C)C(C)C)c1cnc2cc(OCC)ccc2c1.CCC. The molecule has 0 saturated carbocycles. The number of carbonyl (C=O) groups is 1. The van der Waals surface area contributed by atoms with Crippen molar-refractivity contribution in [3.05, 3.63) is 54.0 Å². The van der Waals surface area contributed by atoms with Gasteiger partial charge in [0.05, 0.1) is 17.7 Å². The van der Waals surface area contributed by atoms with Crippen molar-refractivity contribution in [2.24, 2.45) is 11.5 Å². The molecule has 1 amide bonds. The number of nitrogens with zero attached hydrogens (tertiary/aromatic N) is 2. The number of ether oxygens (including phenoxy) is 1. The summed E-state index contributed by atoms with van der Waals surface area (Å²) in [6.07, 6.45) is 2.91. The maximum atomic E-state index is 12.0. The maximum absolute atomic E-state index is 12.0. The van der Waals surface area contributed by atoms with Crippen molar-refractivity contribution in [3.63, 3.8) is 0 Å². The minimum absolute atomic E-state index is 0.115. The molecule has 1 heterocycles. The highest BCUT2D eigenvalue weighted by atomic mass is 16.5. The van der Waals surface area contributed by atoms with Crippen LogP contribution in [0.4, 0.5) is 0 Å². The lowest BCUT2D eigenvalue weighted by atomic mass is 9.98. The second-order valence-electron chi connectivity index (χ2n) is 7.03. The lowest BCUT2D eigenvalue weighted by Crippen LogP contribution is -2.34. The van der Waals surface area contributed by atoms with Crippen molar-refractivity contribution in [1.29, 1.82) is 0 Å². The summed E-state index contributed by atoms with van der Waals surface area (Å²) in [6, 6.07) is 7.69. The third-order valence-corrected chi connectivity index (χ3v) is 4.27. The molecule has 0 saturated heterocycles. The number of rotatable bonds is 7. The van der Waals surface area contributed by atoms with E-state index in [0.717, 1.165) is 16.7 Å². The summed E-state index contributed by atoms with van der Waals surface area (Å²) in [5.41, 5.74) is 13.9. The van der Waals surface area contributed by atoms with Crippen LogP contribution in [0.25, 0.3) is 16.5 Å². The molecule has 158 valence electrons. The number of hydrogen-bond donors (Lipinski definition) is 2. The zero-order chi connectivity index (χ0) is 22.1. The third-order valence-electron chi connectivity index (χ3n) is 4.27. The van der Waals surface area contributed by atoms with Gasteiger partial charge in [-0.25, -0.2) is 0 Å². The average Bonchev–Trinajstić information content (AvgIpc) is 2.67. The Bertz CT molecular complexity index is 888. The molecule has 29 heavy (non-hydrogen) atoms. The lowest BCUT2D eigenvalue weighted by molar-refractivity contribution is -0.114. The number of aromatic nitrogens is 1. The molecule has 0 spiro atoms. The molecule has 2 aromatic rings. The van der Waals surface area contributed by atoms with Gasteiger partial charge in [0, 0.05) is 36.3 Å². The summed E-state index contributed by atoms with van der Waals surface area (Å²) in [5, 5.41) is 0.909. The van der Waals surface area contributed by atoms with Crippen LogP contribution in [0.3, 0.4) is 0 Å². The topological polar surface area (TPSA) is 94.5 Å². The smallest absolute Gasteiger partial charge is 0.252 e. The number of fused-ring (bicyclic) bond motifs is 1. The van der Waals surface area contributed by atoms with Crippen LogP contribution in [-0.2, 0) is 4.79 Å². The number of carbonyl (C=O) groups excluding carboxylic acids is 1. The van der Waals surface area contributed by atoms with Gasteiger partial charge in [0.15, 0.2) is 0 Å². The number of hydrogen-bond acceptors (Lipinski definition) is 5. The van der Waals surface area contributed by atoms with E-state index in [9.17, 15) is 4.79 Å². The molecule has 0 radical (unpaired) electrons. The quantitative estimate of drug-likeness (QED) is 0.542. The molecule has 0 bridgehead atoms. The molecule has 2 rings (SSSR count). The van der Waals surface area contributed by atoms with Gasteiger partial charge in [0.2, 0.25) is 0 Å². The maximum Gasteiger partial charge on any atom is 0.252 e. The Morgan fingerprint density at radius 1 is 1.21 bits per heavy atom. The van der Waals surface area contributed by atoms with E-state index in [-0.39, 0.29) is 11.6 Å². The highest BCUT2D eigenvalue weighted by molar-refractivity contribution is 6.08. The summed E-state index contributed by atoms with van der Waals surface area (Å²) in [6.45, 7) is 14.8. The van der Waals surface area contributed by atoms with Gasteiger partial charge >= 0.3 is 0 Å². The fourth-order valence-electron chi connectivity index (χ4n) is 2.55. The molecule has 0 unspecified atom stereocenters. The highest BCUT2D eigenvalue weighted by Gasteiger charge is 2.20. The summed E-state index contributed by atoms with van der Waals surface area (Å²) < 4.78 is 5.49. The Balaban J connectivity index is 0.00000132. The molecule has 4 N–H and O–H groups in total. The van der Waals surface area contributed by atoms with E-state index in [1.807, 2.05) is 52.1 Å². The molecule has 0 aliphatic rings. The number of amides is 1. The van der Waals surface area contributed by atoms with Crippen LogP contribution in [0, 0.1) is 0 Å². The summed E-state index contributed by atoms with van der Waals surface area (Å²) >= 11 is 0. The number of nitrogens with two attached hydrogens (primary N) is 2. The van der Waals surface area contributed by atoms with E-state index in [4.69, 9.17) is 16.2 Å². The summed E-state index contributed by atoms with van der Waals surface area (Å²) in [5.74, 6) is 0.440. The van der Waals surface area contributed by atoms with Crippen molar-refractivity contribution < 1.29 is 9.53 Å². The Labute approximate surface area is 174 Å². The van der Waals surface area contributed by atoms with Gasteiger partial charge in [-0.05, 0) is 44.5 Å². The van der Waals surface area contributed by atoms with Crippen LogP contribution in [0.15, 0.2) is 48.4 Å². The highest BCUT2D eigenvalue weighted by Crippen LogP contribution is 2.27. The lowest BCUT2D eigenvalue weighted by Gasteiger charge is -2.26. The Morgan fingerprint density at radius 2 is 1.83 bits per heavy atom. The third kappa shape index (κ3) is 6.24. The van der Waals surface area contributed by atoms with Gasteiger partial charge < -0.3 is 21.1 Å². The molecule has 0 fully saturated rings. The van der Waals surface area contributed by atoms with Gasteiger partial charge in [0.1, 0.15) is 11.6 Å². The Hall–Kier alpha value is -3.02. The van der Waals surface area contributed by atoms with Crippen LogP contribution in [0.1, 0.15) is 46.6 Å². The fraction of sp³-hybridized carbons (Fsp3) is 0.391. The van der Waals surface area contributed by atoms with E-state index in [2.05, 4.69) is 25.4 Å². The number of primary amides is 1. The molecule has 6 nitrogen and oxygen atoms in total. The van der Waals surface area contributed by atoms with Gasteiger partial charge in [-0.15, -0.1) is 0 Å². The molecule has 6 heteroatoms. The second kappa shape index (κ2) is 11.1. The Kier molecular flexibility index (Phi) is 9.19. The second-order valence-corrected chi connectivity index (χ2v) is 7.03. The molecule has 0 aliphatic heterocycles. The van der Waals surface area contributed by atoms with Crippen LogP contribution in [0.2, 0.25) is 0 Å². The standard InChI is InChI=1S/C20H26N4O2.C3H8/c1-6-26-16-8-7-14-9-15(11-23-17(14)10-16)13(4)18(20(22)25)19(21)24(5)12(2)3;1-3-2/h7-12H,4,6,21H2,1-3,5H3,(H2,22,25);3H2,1-2H3/b19-18+;. The average molecular weight is 399 g/mol. The first-order valence-corrected chi connectivity index (χ1v) is 9.92. The zero-order valence-electron chi connectivity index (χ0n) is 18.5. The zero-order valence-corrected chi connectivity index (χ0v) is 18.5. The van der Waals surface area contributed by atoms with Gasteiger partial charge in [-0.1, -0.05) is 26.8 Å². The predicted octanol–water partition coefficient (Wildman–Crippen LogP) is 4.06. The summed E-state index contributed by atoms with van der Waals surface area (Å²) in [4.78, 5) is 18.3. The van der Waals surface area contributed by atoms with E-state index in [1.54, 1.807) is 11.1 Å². The van der Waals surface area contributed by atoms with E-state index in [0.29, 0.717) is 23.6 Å². The molecular weight excluding hydrogens is 364 g/mol. The van der Waals surface area contributed by atoms with Crippen LogP contribution >= 0.6 is 0 Å². The first-order chi connectivity index (χ1) is 13.7. The molecule has 0 aliphatic carbocycles. The van der Waals surface area contributed by atoms with Crippen molar-refractivity contribution in [3.8, 4) is 5.75 Å². The molecular formula is C23H34N4O2. The van der Waals surface area contributed by atoms with Crippen LogP contribution < -0.4 is 16.2 Å². The van der Waals surface area contributed by atoms with E-state index in [1.165, 1.54) is 6.42 Å². The fourth-order valence-corrected chi connectivity index (χ4v) is 2.55. The number of pyridine rings is 1. The molecule has 0 atom stereocenters. The van der Waals surface area contributed by atoms with Gasteiger partial charge in [-0.2, -0.15) is 0 Å². The first kappa shape index (κ1) is 24.0. The van der Waals surface area contributed by atoms with Crippen LogP contribution in [0.5, 0.6) is 5.75 Å². The van der Waals surface area contributed by atoms with Crippen molar-refractivity contribution >= 4 is 22.4 Å². The van der Waals surface area contributed by atoms with Gasteiger partial charge in [-0.3, -0.25) is 9.78 Å². The van der Waals surface area contributed by atoms with Crippen molar-refractivity contribution in [2.45, 2.75) is 47.1 Å². The first-order valence-electron chi connectivity index (χ1n) is 9.92. The van der Waals surface area contributed by atoms with E-state index < -0.39 is 5.91 Å². The largest absolute Gasteiger partial charge is 0.494 e.